The third kappa shape index (κ3) is 6.87. The molecule has 0 fully saturated rings. The Kier molecular flexibility index (Phi) is 8.13. The van der Waals surface area contributed by atoms with Crippen LogP contribution in [0.2, 0.25) is 0 Å². The lowest BCUT2D eigenvalue weighted by Gasteiger charge is -2.12. The average molecular weight is 449 g/mol. The third-order valence-electron chi connectivity index (χ3n) is 5.04. The van der Waals surface area contributed by atoms with Crippen LogP contribution in [-0.4, -0.2) is 28.7 Å². The lowest BCUT2D eigenvalue weighted by molar-refractivity contribution is -0.146. The zero-order valence-corrected chi connectivity index (χ0v) is 19.1. The van der Waals surface area contributed by atoms with Crippen LogP contribution in [0.3, 0.4) is 0 Å². The van der Waals surface area contributed by atoms with Gasteiger partial charge in [0.1, 0.15) is 0 Å². The summed E-state index contributed by atoms with van der Waals surface area (Å²) in [5.74, 6) is 0.177. The Bertz CT molecular complexity index is 1100. The highest BCUT2D eigenvalue weighted by atomic mass is 16.5. The number of hydrogen-bond acceptors (Lipinski definition) is 6. The molecule has 0 aliphatic heterocycles. The van der Waals surface area contributed by atoms with E-state index in [1.807, 2.05) is 38.1 Å². The molecule has 3 aromatic rings. The van der Waals surface area contributed by atoms with E-state index in [1.165, 1.54) is 6.92 Å². The van der Waals surface area contributed by atoms with Crippen molar-refractivity contribution in [1.82, 2.24) is 4.98 Å². The van der Waals surface area contributed by atoms with Crippen molar-refractivity contribution in [3.8, 4) is 11.3 Å². The van der Waals surface area contributed by atoms with Gasteiger partial charge in [-0.1, -0.05) is 36.8 Å². The van der Waals surface area contributed by atoms with Crippen molar-refractivity contribution in [2.24, 2.45) is 0 Å². The molecule has 0 radical (unpaired) electrons. The van der Waals surface area contributed by atoms with Crippen molar-refractivity contribution >= 4 is 23.3 Å². The second kappa shape index (κ2) is 11.2. The van der Waals surface area contributed by atoms with E-state index in [2.05, 4.69) is 10.3 Å². The summed E-state index contributed by atoms with van der Waals surface area (Å²) in [6, 6.07) is 14.4. The van der Waals surface area contributed by atoms with E-state index in [1.54, 1.807) is 30.5 Å². The Labute approximate surface area is 193 Å². The molecule has 0 aliphatic rings. The number of hydrogen-bond donors (Lipinski definition) is 1. The van der Waals surface area contributed by atoms with Gasteiger partial charge in [0.2, 0.25) is 11.7 Å². The molecular formula is C26H28N2O5. The van der Waals surface area contributed by atoms with Crippen LogP contribution in [0.5, 0.6) is 0 Å². The molecule has 172 valence electrons. The third-order valence-corrected chi connectivity index (χ3v) is 5.04. The predicted molar refractivity (Wildman–Crippen MR) is 125 cm³/mol. The normalized spacial score (nSPS) is 11.6. The number of aromatic nitrogens is 1. The van der Waals surface area contributed by atoms with E-state index in [9.17, 15) is 14.4 Å². The molecule has 1 aromatic heterocycles. The zero-order chi connectivity index (χ0) is 23.8. The second-order valence-corrected chi connectivity index (χ2v) is 7.86. The summed E-state index contributed by atoms with van der Waals surface area (Å²) < 4.78 is 11.0. The first kappa shape index (κ1) is 23.9. The number of nitrogens with one attached hydrogen (secondary N) is 1. The minimum absolute atomic E-state index is 0.0495. The second-order valence-electron chi connectivity index (χ2n) is 7.86. The van der Waals surface area contributed by atoms with Crippen molar-refractivity contribution in [1.29, 1.82) is 0 Å². The SMILES string of the molecule is CCCC(=O)Nc1ccc(C(=O)C(C)OC(=O)CCc2ncc(-c3ccc(C)cc3)o2)cc1. The van der Waals surface area contributed by atoms with Crippen LogP contribution in [0.1, 0.15) is 54.9 Å². The molecule has 7 nitrogen and oxygen atoms in total. The number of carbonyl (C=O) groups is 3. The van der Waals surface area contributed by atoms with Gasteiger partial charge < -0.3 is 14.5 Å². The molecule has 0 saturated heterocycles. The zero-order valence-electron chi connectivity index (χ0n) is 19.1. The van der Waals surface area contributed by atoms with Crippen LogP contribution in [0.4, 0.5) is 5.69 Å². The highest BCUT2D eigenvalue weighted by Crippen LogP contribution is 2.21. The van der Waals surface area contributed by atoms with Crippen LogP contribution in [0.15, 0.2) is 59.1 Å². The summed E-state index contributed by atoms with van der Waals surface area (Å²) in [6.45, 7) is 5.48. The highest BCUT2D eigenvalue weighted by molar-refractivity contribution is 6.00. The number of anilines is 1. The summed E-state index contributed by atoms with van der Waals surface area (Å²) in [5.41, 5.74) is 3.08. The number of rotatable bonds is 10. The standard InChI is InChI=1S/C26H28N2O5/c1-4-5-23(29)28-21-12-10-20(11-13-21)26(31)18(3)32-25(30)15-14-24-27-16-22(33-24)19-8-6-17(2)7-9-19/h6-13,16,18H,4-5,14-15H2,1-3H3,(H,28,29). The summed E-state index contributed by atoms with van der Waals surface area (Å²) in [7, 11) is 0. The van der Waals surface area contributed by atoms with Crippen LogP contribution < -0.4 is 5.32 Å². The maximum Gasteiger partial charge on any atom is 0.307 e. The smallest absolute Gasteiger partial charge is 0.307 e. The summed E-state index contributed by atoms with van der Waals surface area (Å²) in [4.78, 5) is 40.7. The van der Waals surface area contributed by atoms with Gasteiger partial charge in [0, 0.05) is 29.7 Å². The number of amides is 1. The van der Waals surface area contributed by atoms with Crippen molar-refractivity contribution in [2.75, 3.05) is 5.32 Å². The molecule has 1 heterocycles. The Morgan fingerprint density at radius 1 is 1.03 bits per heavy atom. The molecule has 1 unspecified atom stereocenters. The Hall–Kier alpha value is -3.74. The monoisotopic (exact) mass is 448 g/mol. The molecule has 1 atom stereocenters. The number of aryl methyl sites for hydroxylation is 2. The molecule has 0 aliphatic carbocycles. The van der Waals surface area contributed by atoms with Crippen LogP contribution in [0, 0.1) is 6.92 Å². The number of esters is 1. The van der Waals surface area contributed by atoms with Gasteiger partial charge in [0.15, 0.2) is 17.8 Å². The Balaban J connectivity index is 1.48. The first-order chi connectivity index (χ1) is 15.9. The number of ketones is 1. The van der Waals surface area contributed by atoms with E-state index >= 15 is 0 Å². The maximum atomic E-state index is 12.6. The quantitative estimate of drug-likeness (QED) is 0.341. The van der Waals surface area contributed by atoms with Crippen LogP contribution in [-0.2, 0) is 20.7 Å². The first-order valence-electron chi connectivity index (χ1n) is 11.0. The van der Waals surface area contributed by atoms with Crippen molar-refractivity contribution in [2.45, 2.75) is 52.6 Å². The van der Waals surface area contributed by atoms with Crippen LogP contribution in [0.25, 0.3) is 11.3 Å². The molecule has 2 aromatic carbocycles. The molecular weight excluding hydrogens is 420 g/mol. The fraction of sp³-hybridized carbons (Fsp3) is 0.308. The van der Waals surface area contributed by atoms with Gasteiger partial charge in [-0.2, -0.15) is 0 Å². The van der Waals surface area contributed by atoms with Crippen molar-refractivity contribution in [3.05, 3.63) is 71.7 Å². The van der Waals surface area contributed by atoms with E-state index in [0.717, 1.165) is 17.5 Å². The van der Waals surface area contributed by atoms with Gasteiger partial charge in [-0.25, -0.2) is 4.98 Å². The van der Waals surface area contributed by atoms with Gasteiger partial charge in [-0.05, 0) is 44.5 Å². The van der Waals surface area contributed by atoms with E-state index < -0.39 is 12.1 Å². The minimum atomic E-state index is -0.925. The van der Waals surface area contributed by atoms with Crippen LogP contribution >= 0.6 is 0 Å². The fourth-order valence-electron chi connectivity index (χ4n) is 3.20. The topological polar surface area (TPSA) is 98.5 Å². The van der Waals surface area contributed by atoms with E-state index in [4.69, 9.17) is 9.15 Å². The van der Waals surface area contributed by atoms with Gasteiger partial charge in [0.05, 0.1) is 12.6 Å². The lowest BCUT2D eigenvalue weighted by atomic mass is 10.1. The lowest BCUT2D eigenvalue weighted by Crippen LogP contribution is -2.24. The van der Waals surface area contributed by atoms with Gasteiger partial charge in [-0.3, -0.25) is 14.4 Å². The molecule has 0 bridgehead atoms. The van der Waals surface area contributed by atoms with E-state index in [-0.39, 0.29) is 24.5 Å². The fourth-order valence-corrected chi connectivity index (χ4v) is 3.20. The van der Waals surface area contributed by atoms with E-state index in [0.29, 0.717) is 29.3 Å². The molecule has 1 N–H and O–H groups in total. The number of benzene rings is 2. The summed E-state index contributed by atoms with van der Waals surface area (Å²) in [5, 5.41) is 2.77. The van der Waals surface area contributed by atoms with Gasteiger partial charge in [0.25, 0.3) is 0 Å². The minimum Gasteiger partial charge on any atom is -0.454 e. The molecule has 3 rings (SSSR count). The summed E-state index contributed by atoms with van der Waals surface area (Å²) in [6.07, 6.45) is 2.23. The predicted octanol–water partition coefficient (Wildman–Crippen LogP) is 5.14. The number of oxazole rings is 1. The Morgan fingerprint density at radius 3 is 2.39 bits per heavy atom. The largest absolute Gasteiger partial charge is 0.454 e. The Morgan fingerprint density at radius 2 is 1.73 bits per heavy atom. The first-order valence-corrected chi connectivity index (χ1v) is 11.0. The highest BCUT2D eigenvalue weighted by Gasteiger charge is 2.20. The molecule has 0 saturated carbocycles. The van der Waals surface area contributed by atoms with Crippen molar-refractivity contribution < 1.29 is 23.5 Å². The molecule has 7 heteroatoms. The van der Waals surface area contributed by atoms with Crippen molar-refractivity contribution in [3.63, 3.8) is 0 Å². The number of nitrogens with zero attached hydrogens (tertiary/aromatic N) is 1. The number of Topliss-reactive ketones (excluding diaryl/α,β-unsaturated/α-hetero) is 1. The summed E-state index contributed by atoms with van der Waals surface area (Å²) >= 11 is 0. The maximum absolute atomic E-state index is 12.6. The van der Waals surface area contributed by atoms with Gasteiger partial charge in [-0.15, -0.1) is 0 Å². The molecule has 0 spiro atoms. The molecule has 1 amide bonds. The number of ether oxygens (including phenoxy) is 1. The average Bonchev–Trinajstić information content (AvgIpc) is 3.27. The molecule has 33 heavy (non-hydrogen) atoms. The number of carbonyl (C=O) groups excluding carboxylic acids is 3. The van der Waals surface area contributed by atoms with Gasteiger partial charge >= 0.3 is 5.97 Å².